The fourth-order valence-electron chi connectivity index (χ4n) is 1.98. The Kier molecular flexibility index (Phi) is 4.59. The van der Waals surface area contributed by atoms with E-state index in [1.165, 1.54) is 11.1 Å². The van der Waals surface area contributed by atoms with Crippen LogP contribution in [0.3, 0.4) is 0 Å². The molecule has 1 N–H and O–H groups in total. The van der Waals surface area contributed by atoms with Crippen LogP contribution in [-0.4, -0.2) is 9.97 Å². The highest BCUT2D eigenvalue weighted by molar-refractivity contribution is 9.10. The van der Waals surface area contributed by atoms with E-state index in [0.29, 0.717) is 11.0 Å². The number of nitrogens with zero attached hydrogens (tertiary/aromatic N) is 2. The second-order valence-corrected chi connectivity index (χ2v) is 7.38. The molecule has 0 aliphatic heterocycles. The molecule has 0 radical (unpaired) electrons. The second-order valence-electron chi connectivity index (χ2n) is 6.20. The highest BCUT2D eigenvalue weighted by atomic mass is 79.9. The molecule has 0 aliphatic rings. The summed E-state index contributed by atoms with van der Waals surface area (Å²) < 4.78 is 1.13. The van der Waals surface area contributed by atoms with Gasteiger partial charge < -0.3 is 5.32 Å². The van der Waals surface area contributed by atoms with Crippen molar-refractivity contribution in [1.82, 2.24) is 9.97 Å². The normalized spacial score (nSPS) is 11.6. The zero-order valence-corrected chi connectivity index (χ0v) is 15.2. The van der Waals surface area contributed by atoms with Gasteiger partial charge in [-0.2, -0.15) is 0 Å². The summed E-state index contributed by atoms with van der Waals surface area (Å²) in [6.07, 6.45) is 0. The van der Waals surface area contributed by atoms with Crippen molar-refractivity contribution in [2.24, 2.45) is 0 Å². The maximum absolute atomic E-state index is 6.11. The van der Waals surface area contributed by atoms with Crippen molar-refractivity contribution in [3.8, 4) is 0 Å². The number of aromatic nitrogens is 2. The Morgan fingerprint density at radius 3 is 2.14 bits per heavy atom. The van der Waals surface area contributed by atoms with E-state index >= 15 is 0 Å². The largest absolute Gasteiger partial charge is 0.340 e. The molecule has 0 spiro atoms. The topological polar surface area (TPSA) is 37.8 Å². The minimum absolute atomic E-state index is 0.146. The average Bonchev–Trinajstić information content (AvgIpc) is 2.34. The van der Waals surface area contributed by atoms with Crippen molar-refractivity contribution in [2.45, 2.75) is 40.0 Å². The van der Waals surface area contributed by atoms with E-state index in [1.54, 1.807) is 6.07 Å². The zero-order valence-electron chi connectivity index (χ0n) is 12.9. The van der Waals surface area contributed by atoms with E-state index in [2.05, 4.69) is 78.0 Å². The summed E-state index contributed by atoms with van der Waals surface area (Å²) in [5, 5.41) is 3.76. The van der Waals surface area contributed by atoms with Crippen molar-refractivity contribution in [3.05, 3.63) is 44.8 Å². The average molecular weight is 369 g/mol. The van der Waals surface area contributed by atoms with E-state index < -0.39 is 0 Å². The molecule has 0 fully saturated rings. The lowest BCUT2D eigenvalue weighted by atomic mass is 9.96. The Labute approximate surface area is 139 Å². The van der Waals surface area contributed by atoms with Crippen molar-refractivity contribution in [3.63, 3.8) is 0 Å². The molecule has 2 rings (SSSR count). The van der Waals surface area contributed by atoms with Gasteiger partial charge in [0.15, 0.2) is 0 Å². The van der Waals surface area contributed by atoms with Crippen LogP contribution >= 0.6 is 27.5 Å². The van der Waals surface area contributed by atoms with Crippen LogP contribution < -0.4 is 5.32 Å². The minimum atomic E-state index is -0.146. The molecule has 0 saturated carbocycles. The van der Waals surface area contributed by atoms with Crippen LogP contribution in [0.4, 0.5) is 11.5 Å². The van der Waals surface area contributed by atoms with E-state index in [-0.39, 0.29) is 5.41 Å². The zero-order chi connectivity index (χ0) is 15.8. The number of anilines is 2. The summed E-state index contributed by atoms with van der Waals surface area (Å²) in [6, 6.07) is 5.89. The molecule has 21 heavy (non-hydrogen) atoms. The first kappa shape index (κ1) is 16.2. The summed E-state index contributed by atoms with van der Waals surface area (Å²) >= 11 is 9.68. The van der Waals surface area contributed by atoms with E-state index in [1.807, 2.05) is 0 Å². The summed E-state index contributed by atoms with van der Waals surface area (Å²) in [5.41, 5.74) is 3.19. The molecule has 1 aromatic carbocycles. The first-order chi connectivity index (χ1) is 9.66. The molecule has 0 saturated heterocycles. The lowest BCUT2D eigenvalue weighted by Gasteiger charge is -2.18. The first-order valence-electron chi connectivity index (χ1n) is 6.75. The minimum Gasteiger partial charge on any atom is -0.340 e. The number of benzene rings is 1. The van der Waals surface area contributed by atoms with Crippen LogP contribution in [0.5, 0.6) is 0 Å². The highest BCUT2D eigenvalue weighted by Crippen LogP contribution is 2.28. The molecule has 112 valence electrons. The van der Waals surface area contributed by atoms with Gasteiger partial charge in [0.1, 0.15) is 16.8 Å². The second kappa shape index (κ2) is 5.93. The Morgan fingerprint density at radius 2 is 1.62 bits per heavy atom. The van der Waals surface area contributed by atoms with Gasteiger partial charge >= 0.3 is 0 Å². The van der Waals surface area contributed by atoms with Gasteiger partial charge in [0.05, 0.1) is 0 Å². The van der Waals surface area contributed by atoms with Gasteiger partial charge in [-0.25, -0.2) is 9.97 Å². The first-order valence-corrected chi connectivity index (χ1v) is 7.93. The third-order valence-electron chi connectivity index (χ3n) is 3.07. The van der Waals surface area contributed by atoms with Crippen LogP contribution in [0.15, 0.2) is 22.7 Å². The molecule has 0 amide bonds. The molecule has 3 nitrogen and oxygen atoms in total. The van der Waals surface area contributed by atoms with E-state index in [0.717, 1.165) is 16.0 Å². The van der Waals surface area contributed by atoms with Gasteiger partial charge in [-0.05, 0) is 37.1 Å². The Balaban J connectivity index is 2.38. The third-order valence-corrected chi connectivity index (χ3v) is 4.52. The Bertz CT molecular complexity index is 655. The fraction of sp³-hybridized carbons (Fsp3) is 0.375. The highest BCUT2D eigenvalue weighted by Gasteiger charge is 2.19. The van der Waals surface area contributed by atoms with Crippen LogP contribution in [0, 0.1) is 13.8 Å². The molecular formula is C16H19BrClN3. The third kappa shape index (κ3) is 3.95. The standard InChI is InChI=1S/C16H19BrClN3/c1-9-6-11(7-10(2)14(9)17)19-13-8-12(18)20-15(21-13)16(3,4)5/h6-8H,1-5H3,(H,19,20,21). The quantitative estimate of drug-likeness (QED) is 0.706. The van der Waals surface area contributed by atoms with Gasteiger partial charge in [0, 0.05) is 21.6 Å². The van der Waals surface area contributed by atoms with E-state index in [9.17, 15) is 0 Å². The van der Waals surface area contributed by atoms with E-state index in [4.69, 9.17) is 11.6 Å². The monoisotopic (exact) mass is 367 g/mol. The molecule has 1 aromatic heterocycles. The number of hydrogen-bond donors (Lipinski definition) is 1. The molecule has 1 heterocycles. The maximum atomic E-state index is 6.11. The van der Waals surface area contributed by atoms with Crippen molar-refractivity contribution in [2.75, 3.05) is 5.32 Å². The summed E-state index contributed by atoms with van der Waals surface area (Å²) in [6.45, 7) is 10.3. The SMILES string of the molecule is Cc1cc(Nc2cc(Cl)nc(C(C)(C)C)n2)cc(C)c1Br. The predicted molar refractivity (Wildman–Crippen MR) is 92.6 cm³/mol. The lowest BCUT2D eigenvalue weighted by Crippen LogP contribution is -2.16. The molecular weight excluding hydrogens is 350 g/mol. The van der Waals surface area contributed by atoms with Crippen molar-refractivity contribution >= 4 is 39.0 Å². The van der Waals surface area contributed by atoms with Gasteiger partial charge in [0.25, 0.3) is 0 Å². The van der Waals surface area contributed by atoms with Crippen LogP contribution in [0.1, 0.15) is 37.7 Å². The van der Waals surface area contributed by atoms with Crippen molar-refractivity contribution < 1.29 is 0 Å². The number of nitrogens with one attached hydrogen (secondary N) is 1. The van der Waals surface area contributed by atoms with Gasteiger partial charge in [-0.3, -0.25) is 0 Å². The summed E-state index contributed by atoms with van der Waals surface area (Å²) in [5.74, 6) is 1.43. The molecule has 0 atom stereocenters. The fourth-order valence-corrected chi connectivity index (χ4v) is 2.40. The van der Waals surface area contributed by atoms with Gasteiger partial charge in [-0.15, -0.1) is 0 Å². The Hall–Kier alpha value is -1.13. The molecule has 0 bridgehead atoms. The summed E-state index contributed by atoms with van der Waals surface area (Å²) in [7, 11) is 0. The number of hydrogen-bond acceptors (Lipinski definition) is 3. The Morgan fingerprint density at radius 1 is 1.05 bits per heavy atom. The van der Waals surface area contributed by atoms with Crippen LogP contribution in [-0.2, 0) is 5.41 Å². The predicted octanol–water partition coefficient (Wildman–Crippen LogP) is 5.55. The molecule has 0 aliphatic carbocycles. The van der Waals surface area contributed by atoms with Crippen molar-refractivity contribution in [1.29, 1.82) is 0 Å². The number of halogens is 2. The number of aryl methyl sites for hydroxylation is 2. The summed E-state index contributed by atoms with van der Waals surface area (Å²) in [4.78, 5) is 8.87. The van der Waals surface area contributed by atoms with Gasteiger partial charge in [-0.1, -0.05) is 48.3 Å². The maximum Gasteiger partial charge on any atom is 0.137 e. The van der Waals surface area contributed by atoms with Crippen LogP contribution in [0.25, 0.3) is 0 Å². The van der Waals surface area contributed by atoms with Gasteiger partial charge in [0.2, 0.25) is 0 Å². The lowest BCUT2D eigenvalue weighted by molar-refractivity contribution is 0.546. The molecule has 5 heteroatoms. The molecule has 2 aromatic rings. The smallest absolute Gasteiger partial charge is 0.137 e. The van der Waals surface area contributed by atoms with Crippen LogP contribution in [0.2, 0.25) is 5.15 Å². The molecule has 0 unspecified atom stereocenters. The number of rotatable bonds is 2.